The van der Waals surface area contributed by atoms with E-state index in [1.54, 1.807) is 0 Å². The molecule has 2 heteroatoms. The molecule has 0 spiro atoms. The molecule has 0 aliphatic carbocycles. The maximum absolute atomic E-state index is 5.98. The van der Waals surface area contributed by atoms with Crippen molar-refractivity contribution in [2.24, 2.45) is 0 Å². The van der Waals surface area contributed by atoms with Gasteiger partial charge in [-0.15, -0.1) is 0 Å². The van der Waals surface area contributed by atoms with Gasteiger partial charge in [0.1, 0.15) is 0 Å². The van der Waals surface area contributed by atoms with Gasteiger partial charge in [-0.3, -0.25) is 0 Å². The van der Waals surface area contributed by atoms with Gasteiger partial charge in [0, 0.05) is 11.1 Å². The van der Waals surface area contributed by atoms with Crippen LogP contribution in [0, 0.1) is 6.92 Å². The fourth-order valence-corrected chi connectivity index (χ4v) is 2.41. The second kappa shape index (κ2) is 7.47. The van der Waals surface area contributed by atoms with Crippen molar-refractivity contribution in [3.63, 3.8) is 0 Å². The Morgan fingerprint density at radius 2 is 1.65 bits per heavy atom. The highest BCUT2D eigenvalue weighted by atomic mass is 35.5. The molecule has 1 atom stereocenters. The minimum atomic E-state index is 0.343. The number of rotatable bonds is 6. The first-order valence-electron chi connectivity index (χ1n) is 7.23. The lowest BCUT2D eigenvalue weighted by Gasteiger charge is -2.19. The predicted molar refractivity (Wildman–Crippen MR) is 87.4 cm³/mol. The van der Waals surface area contributed by atoms with Gasteiger partial charge >= 0.3 is 0 Å². The molecule has 0 aliphatic heterocycles. The van der Waals surface area contributed by atoms with E-state index in [0.29, 0.717) is 6.04 Å². The second-order valence-electron chi connectivity index (χ2n) is 5.25. The summed E-state index contributed by atoms with van der Waals surface area (Å²) >= 11 is 5.98. The van der Waals surface area contributed by atoms with E-state index in [9.17, 15) is 0 Å². The zero-order valence-electron chi connectivity index (χ0n) is 12.2. The summed E-state index contributed by atoms with van der Waals surface area (Å²) in [5.41, 5.74) is 3.96. The fourth-order valence-electron chi connectivity index (χ4n) is 2.28. The molecule has 0 heterocycles. The van der Waals surface area contributed by atoms with Crippen LogP contribution in [0.5, 0.6) is 0 Å². The Hall–Kier alpha value is -1.31. The zero-order chi connectivity index (χ0) is 14.4. The topological polar surface area (TPSA) is 12.0 Å². The van der Waals surface area contributed by atoms with Gasteiger partial charge in [-0.25, -0.2) is 0 Å². The van der Waals surface area contributed by atoms with Crippen molar-refractivity contribution in [3.8, 4) is 0 Å². The maximum atomic E-state index is 5.98. The van der Waals surface area contributed by atoms with Gasteiger partial charge < -0.3 is 5.32 Å². The number of benzene rings is 2. The van der Waals surface area contributed by atoms with Crippen molar-refractivity contribution in [1.82, 2.24) is 5.32 Å². The molecule has 0 bridgehead atoms. The van der Waals surface area contributed by atoms with E-state index in [1.807, 2.05) is 12.1 Å². The lowest BCUT2D eigenvalue weighted by Crippen LogP contribution is -2.24. The average Bonchev–Trinajstić information content (AvgIpc) is 2.46. The Morgan fingerprint density at radius 3 is 2.25 bits per heavy atom. The molecule has 1 N–H and O–H groups in total. The van der Waals surface area contributed by atoms with Crippen molar-refractivity contribution in [2.45, 2.75) is 32.7 Å². The molecule has 0 saturated carbocycles. The largest absolute Gasteiger partial charge is 0.310 e. The van der Waals surface area contributed by atoms with Crippen LogP contribution in [0.1, 0.15) is 36.1 Å². The van der Waals surface area contributed by atoms with Crippen LogP contribution < -0.4 is 5.32 Å². The predicted octanol–water partition coefficient (Wildman–Crippen LogP) is 4.93. The second-order valence-corrected chi connectivity index (χ2v) is 5.68. The summed E-state index contributed by atoms with van der Waals surface area (Å²) in [7, 11) is 0. The van der Waals surface area contributed by atoms with Crippen molar-refractivity contribution in [2.75, 3.05) is 6.54 Å². The van der Waals surface area contributed by atoms with Crippen molar-refractivity contribution in [1.29, 1.82) is 0 Å². The lowest BCUT2D eigenvalue weighted by molar-refractivity contribution is 0.529. The van der Waals surface area contributed by atoms with Gasteiger partial charge in [0.05, 0.1) is 0 Å². The molecule has 0 aromatic heterocycles. The molecule has 2 aromatic carbocycles. The third-order valence-corrected chi connectivity index (χ3v) is 3.73. The third-order valence-electron chi connectivity index (χ3n) is 3.47. The molecule has 2 rings (SSSR count). The van der Waals surface area contributed by atoms with Crippen LogP contribution in [-0.4, -0.2) is 6.54 Å². The summed E-state index contributed by atoms with van der Waals surface area (Å²) in [6.45, 7) is 5.34. The molecule has 0 aliphatic rings. The summed E-state index contributed by atoms with van der Waals surface area (Å²) in [6.07, 6.45) is 2.14. The normalized spacial score (nSPS) is 12.3. The van der Waals surface area contributed by atoms with Crippen LogP contribution in [0.15, 0.2) is 48.5 Å². The van der Waals surface area contributed by atoms with Gasteiger partial charge in [-0.05, 0) is 49.6 Å². The number of nitrogens with one attached hydrogen (secondary N) is 1. The van der Waals surface area contributed by atoms with E-state index in [2.05, 4.69) is 55.6 Å². The molecule has 2 aromatic rings. The first-order chi connectivity index (χ1) is 9.69. The number of hydrogen-bond donors (Lipinski definition) is 1. The van der Waals surface area contributed by atoms with Gasteiger partial charge in [0.25, 0.3) is 0 Å². The van der Waals surface area contributed by atoms with E-state index in [1.165, 1.54) is 16.7 Å². The van der Waals surface area contributed by atoms with Crippen LogP contribution in [0.2, 0.25) is 5.02 Å². The average molecular weight is 288 g/mol. The summed E-state index contributed by atoms with van der Waals surface area (Å²) in [6, 6.07) is 17.3. The highest BCUT2D eigenvalue weighted by Gasteiger charge is 2.11. The first kappa shape index (κ1) is 15.1. The van der Waals surface area contributed by atoms with Crippen molar-refractivity contribution < 1.29 is 0 Å². The number of halogens is 1. The van der Waals surface area contributed by atoms with Crippen LogP contribution in [0.4, 0.5) is 0 Å². The zero-order valence-corrected chi connectivity index (χ0v) is 13.0. The molecule has 0 amide bonds. The minimum absolute atomic E-state index is 0.343. The molecule has 1 unspecified atom stereocenters. The molecule has 0 saturated heterocycles. The Morgan fingerprint density at radius 1 is 1.00 bits per heavy atom. The smallest absolute Gasteiger partial charge is 0.0406 e. The highest BCUT2D eigenvalue weighted by molar-refractivity contribution is 6.30. The Bertz CT molecular complexity index is 516. The number of hydrogen-bond acceptors (Lipinski definition) is 1. The van der Waals surface area contributed by atoms with E-state index in [4.69, 9.17) is 11.6 Å². The standard InChI is InChI=1S/C18H22ClN/c1-3-12-20-18(16-8-10-17(19)11-9-16)13-15-6-4-14(2)5-7-15/h4-11,18,20H,3,12-13H2,1-2H3. The van der Waals surface area contributed by atoms with E-state index in [-0.39, 0.29) is 0 Å². The Labute approximate surface area is 127 Å². The van der Waals surface area contributed by atoms with Crippen molar-refractivity contribution in [3.05, 3.63) is 70.2 Å². The summed E-state index contributed by atoms with van der Waals surface area (Å²) in [5, 5.41) is 4.42. The highest BCUT2D eigenvalue weighted by Crippen LogP contribution is 2.21. The van der Waals surface area contributed by atoms with Crippen LogP contribution in [0.25, 0.3) is 0 Å². The van der Waals surface area contributed by atoms with Crippen LogP contribution >= 0.6 is 11.6 Å². The van der Waals surface area contributed by atoms with Gasteiger partial charge in [-0.1, -0.05) is 60.5 Å². The summed E-state index contributed by atoms with van der Waals surface area (Å²) in [5.74, 6) is 0. The van der Waals surface area contributed by atoms with Gasteiger partial charge in [-0.2, -0.15) is 0 Å². The molecule has 0 radical (unpaired) electrons. The SMILES string of the molecule is CCCNC(Cc1ccc(C)cc1)c1ccc(Cl)cc1. The molecule has 0 fully saturated rings. The van der Waals surface area contributed by atoms with Gasteiger partial charge in [0.15, 0.2) is 0 Å². The van der Waals surface area contributed by atoms with E-state index in [0.717, 1.165) is 24.4 Å². The minimum Gasteiger partial charge on any atom is -0.310 e. The Kier molecular flexibility index (Phi) is 5.63. The third kappa shape index (κ3) is 4.36. The maximum Gasteiger partial charge on any atom is 0.0406 e. The monoisotopic (exact) mass is 287 g/mol. The lowest BCUT2D eigenvalue weighted by atomic mass is 9.98. The molecular weight excluding hydrogens is 266 g/mol. The molecular formula is C18H22ClN. The molecule has 20 heavy (non-hydrogen) atoms. The summed E-state index contributed by atoms with van der Waals surface area (Å²) < 4.78 is 0. The van der Waals surface area contributed by atoms with Crippen LogP contribution in [0.3, 0.4) is 0 Å². The quantitative estimate of drug-likeness (QED) is 0.794. The van der Waals surface area contributed by atoms with Crippen molar-refractivity contribution >= 4 is 11.6 Å². The molecule has 106 valence electrons. The van der Waals surface area contributed by atoms with E-state index >= 15 is 0 Å². The van der Waals surface area contributed by atoms with Gasteiger partial charge in [0.2, 0.25) is 0 Å². The Balaban J connectivity index is 2.14. The summed E-state index contributed by atoms with van der Waals surface area (Å²) in [4.78, 5) is 0. The number of aryl methyl sites for hydroxylation is 1. The fraction of sp³-hybridized carbons (Fsp3) is 0.333. The molecule has 1 nitrogen and oxygen atoms in total. The van der Waals surface area contributed by atoms with Crippen LogP contribution in [-0.2, 0) is 6.42 Å². The first-order valence-corrected chi connectivity index (χ1v) is 7.61. The van der Waals surface area contributed by atoms with E-state index < -0.39 is 0 Å².